The zero-order valence-electron chi connectivity index (χ0n) is 8.32. The Balaban J connectivity index is 2.06. The number of rotatable bonds is 1. The molecule has 80 valence electrons. The van der Waals surface area contributed by atoms with Gasteiger partial charge in [-0.15, -0.1) is 11.3 Å². The van der Waals surface area contributed by atoms with E-state index < -0.39 is 5.97 Å². The molecule has 2 heterocycles. The van der Waals surface area contributed by atoms with Crippen LogP contribution in [-0.2, 0) is 0 Å². The predicted molar refractivity (Wildman–Crippen MR) is 57.1 cm³/mol. The number of nitrogens with zero attached hydrogens (tertiary/aromatic N) is 1. The molecule has 0 bridgehead atoms. The van der Waals surface area contributed by atoms with E-state index in [1.54, 1.807) is 5.38 Å². The van der Waals surface area contributed by atoms with E-state index in [1.165, 1.54) is 11.3 Å². The van der Waals surface area contributed by atoms with Gasteiger partial charge in [-0.25, -0.2) is 4.79 Å². The minimum atomic E-state index is -0.872. The van der Waals surface area contributed by atoms with Gasteiger partial charge in [0.15, 0.2) is 5.75 Å². The third kappa shape index (κ3) is 1.23. The Morgan fingerprint density at radius 1 is 1.67 bits per heavy atom. The first kappa shape index (κ1) is 9.03. The second-order valence-electron chi connectivity index (χ2n) is 4.22. The molecule has 1 fully saturated rings. The van der Waals surface area contributed by atoms with Gasteiger partial charge in [0.2, 0.25) is 0 Å². The van der Waals surface area contributed by atoms with Crippen LogP contribution in [0.4, 0.5) is 5.69 Å². The lowest BCUT2D eigenvalue weighted by Crippen LogP contribution is -2.39. The number of carbonyl (C=O) groups is 1. The molecule has 1 N–H and O–H groups in total. The van der Waals surface area contributed by atoms with E-state index in [2.05, 4.69) is 0 Å². The van der Waals surface area contributed by atoms with Crippen molar-refractivity contribution in [3.63, 3.8) is 0 Å². The molecule has 1 spiro atoms. The van der Waals surface area contributed by atoms with Gasteiger partial charge >= 0.3 is 5.97 Å². The number of ether oxygens (including phenoxy) is 1. The van der Waals surface area contributed by atoms with Crippen LogP contribution in [-0.4, -0.2) is 30.3 Å². The maximum Gasteiger partial charge on any atom is 0.348 e. The van der Waals surface area contributed by atoms with Crippen molar-refractivity contribution in [3.05, 3.63) is 10.3 Å². The molecule has 0 amide bonds. The summed E-state index contributed by atoms with van der Waals surface area (Å²) < 4.78 is 5.84. The normalized spacial score (nSPS) is 21.0. The number of carboxylic acid groups (broad SMARTS) is 1. The zero-order valence-corrected chi connectivity index (χ0v) is 9.13. The van der Waals surface area contributed by atoms with Crippen LogP contribution < -0.4 is 9.64 Å². The third-order valence-corrected chi connectivity index (χ3v) is 3.90. The molecule has 2 aliphatic rings. The minimum Gasteiger partial charge on any atom is -0.482 e. The van der Waals surface area contributed by atoms with Gasteiger partial charge in [-0.2, -0.15) is 0 Å². The summed E-state index contributed by atoms with van der Waals surface area (Å²) >= 11 is 1.24. The largest absolute Gasteiger partial charge is 0.482 e. The molecule has 0 atom stereocenters. The first-order valence-corrected chi connectivity index (χ1v) is 5.74. The van der Waals surface area contributed by atoms with Gasteiger partial charge in [0.25, 0.3) is 0 Å². The summed E-state index contributed by atoms with van der Waals surface area (Å²) in [7, 11) is 1.93. The predicted octanol–water partition coefficient (Wildman–Crippen LogP) is 1.81. The molecule has 0 unspecified atom stereocenters. The third-order valence-electron chi connectivity index (χ3n) is 2.97. The molecule has 0 radical (unpaired) electrons. The molecule has 1 aliphatic carbocycles. The summed E-state index contributed by atoms with van der Waals surface area (Å²) in [6.45, 7) is 0.803. The Morgan fingerprint density at radius 3 is 3.00 bits per heavy atom. The highest BCUT2D eigenvalue weighted by Gasteiger charge is 2.50. The van der Waals surface area contributed by atoms with Crippen LogP contribution in [0.5, 0.6) is 5.75 Å². The highest BCUT2D eigenvalue weighted by atomic mass is 32.1. The lowest BCUT2D eigenvalue weighted by atomic mass is 10.2. The maximum atomic E-state index is 11.0. The van der Waals surface area contributed by atoms with Crippen molar-refractivity contribution < 1.29 is 14.6 Å². The molecule has 1 aliphatic heterocycles. The lowest BCUT2D eigenvalue weighted by molar-refractivity contribution is 0.0701. The van der Waals surface area contributed by atoms with E-state index in [1.807, 2.05) is 11.9 Å². The summed E-state index contributed by atoms with van der Waals surface area (Å²) in [5.74, 6) is -0.132. The van der Waals surface area contributed by atoms with Crippen molar-refractivity contribution >= 4 is 23.0 Å². The van der Waals surface area contributed by atoms with E-state index in [0.29, 0.717) is 4.88 Å². The van der Waals surface area contributed by atoms with Crippen LogP contribution in [0.25, 0.3) is 0 Å². The average molecular weight is 225 g/mol. The minimum absolute atomic E-state index is 0.0153. The number of aromatic carboxylic acids is 1. The second-order valence-corrected chi connectivity index (χ2v) is 5.10. The SMILES string of the molecule is CN1CC2(CC2)Oc2csc(C(=O)O)c21. The molecule has 4 nitrogen and oxygen atoms in total. The number of hydrogen-bond acceptors (Lipinski definition) is 4. The van der Waals surface area contributed by atoms with Gasteiger partial charge in [-0.05, 0) is 12.8 Å². The monoisotopic (exact) mass is 225 g/mol. The van der Waals surface area contributed by atoms with Crippen molar-refractivity contribution in [3.8, 4) is 5.75 Å². The van der Waals surface area contributed by atoms with Crippen molar-refractivity contribution in [1.82, 2.24) is 0 Å². The van der Waals surface area contributed by atoms with Crippen molar-refractivity contribution in [1.29, 1.82) is 0 Å². The molecule has 0 aromatic carbocycles. The Bertz CT molecular complexity index is 436. The Kier molecular flexibility index (Phi) is 1.60. The van der Waals surface area contributed by atoms with Crippen LogP contribution in [0.3, 0.4) is 0 Å². The van der Waals surface area contributed by atoms with E-state index in [-0.39, 0.29) is 5.60 Å². The topological polar surface area (TPSA) is 49.8 Å². The Hall–Kier alpha value is -1.23. The standard InChI is InChI=1S/C10H11NO3S/c1-11-5-10(2-3-10)14-6-4-15-8(7(6)11)9(12)13/h4H,2-3,5H2,1H3,(H,12,13). The number of hydrogen-bond donors (Lipinski definition) is 1. The van der Waals surface area contributed by atoms with Crippen LogP contribution in [0.2, 0.25) is 0 Å². The highest BCUT2D eigenvalue weighted by molar-refractivity contribution is 7.13. The molecule has 3 rings (SSSR count). The van der Waals surface area contributed by atoms with E-state index >= 15 is 0 Å². The quantitative estimate of drug-likeness (QED) is 0.792. The van der Waals surface area contributed by atoms with Crippen molar-refractivity contribution in [2.24, 2.45) is 0 Å². The van der Waals surface area contributed by atoms with Gasteiger partial charge < -0.3 is 14.7 Å². The number of fused-ring (bicyclic) bond motifs is 1. The first-order valence-electron chi connectivity index (χ1n) is 4.86. The molecule has 1 saturated carbocycles. The summed E-state index contributed by atoms with van der Waals surface area (Å²) in [5, 5.41) is 10.8. The van der Waals surface area contributed by atoms with Crippen LogP contribution in [0, 0.1) is 0 Å². The number of carboxylic acids is 1. The molecular formula is C10H11NO3S. The molecule has 1 aromatic rings. The first-order chi connectivity index (χ1) is 7.11. The second kappa shape index (κ2) is 2.66. The van der Waals surface area contributed by atoms with Crippen molar-refractivity contribution in [2.75, 3.05) is 18.5 Å². The molecule has 1 aromatic heterocycles. The van der Waals surface area contributed by atoms with E-state index in [0.717, 1.165) is 30.8 Å². The fraction of sp³-hybridized carbons (Fsp3) is 0.500. The molecule has 15 heavy (non-hydrogen) atoms. The fourth-order valence-electron chi connectivity index (χ4n) is 2.10. The Morgan fingerprint density at radius 2 is 2.40 bits per heavy atom. The van der Waals surface area contributed by atoms with Gasteiger partial charge in [0.05, 0.1) is 6.54 Å². The van der Waals surface area contributed by atoms with Gasteiger partial charge in [-0.1, -0.05) is 0 Å². The van der Waals surface area contributed by atoms with Gasteiger partial charge in [-0.3, -0.25) is 0 Å². The lowest BCUT2D eigenvalue weighted by Gasteiger charge is -2.32. The van der Waals surface area contributed by atoms with Crippen LogP contribution >= 0.6 is 11.3 Å². The molecular weight excluding hydrogens is 214 g/mol. The summed E-state index contributed by atoms with van der Waals surface area (Å²) in [4.78, 5) is 13.4. The number of thiophene rings is 1. The van der Waals surface area contributed by atoms with Crippen LogP contribution in [0.1, 0.15) is 22.5 Å². The summed E-state index contributed by atoms with van der Waals surface area (Å²) in [6, 6.07) is 0. The average Bonchev–Trinajstić information content (AvgIpc) is 2.76. The highest BCUT2D eigenvalue weighted by Crippen LogP contribution is 2.50. The Labute approximate surface area is 91.1 Å². The van der Waals surface area contributed by atoms with Crippen LogP contribution in [0.15, 0.2) is 5.38 Å². The molecule has 0 saturated heterocycles. The summed E-state index contributed by atoms with van der Waals surface area (Å²) in [5.41, 5.74) is 0.725. The zero-order chi connectivity index (χ0) is 10.6. The number of anilines is 1. The smallest absolute Gasteiger partial charge is 0.348 e. The molecule has 5 heteroatoms. The van der Waals surface area contributed by atoms with E-state index in [4.69, 9.17) is 9.84 Å². The van der Waals surface area contributed by atoms with Gasteiger partial charge in [0.1, 0.15) is 16.2 Å². The maximum absolute atomic E-state index is 11.0. The fourth-order valence-corrected chi connectivity index (χ4v) is 2.95. The summed E-state index contributed by atoms with van der Waals surface area (Å²) in [6.07, 6.45) is 2.16. The van der Waals surface area contributed by atoms with Gasteiger partial charge in [0, 0.05) is 12.4 Å². The van der Waals surface area contributed by atoms with Crippen molar-refractivity contribution in [2.45, 2.75) is 18.4 Å². The van der Waals surface area contributed by atoms with E-state index in [9.17, 15) is 4.79 Å². The number of likely N-dealkylation sites (N-methyl/N-ethyl adjacent to an activating group) is 1.